The number of hydrogen-bond donors (Lipinski definition) is 0. The van der Waals surface area contributed by atoms with E-state index in [1.54, 1.807) is 0 Å². The van der Waals surface area contributed by atoms with Crippen molar-refractivity contribution in [2.45, 2.75) is 38.7 Å². The van der Waals surface area contributed by atoms with Gasteiger partial charge in [0.15, 0.2) is 0 Å². The quantitative estimate of drug-likeness (QED) is 0.585. The van der Waals surface area contributed by atoms with Crippen molar-refractivity contribution in [3.05, 3.63) is 0 Å². The van der Waals surface area contributed by atoms with Gasteiger partial charge in [-0.1, -0.05) is 26.2 Å². The molecule has 0 spiro atoms. The van der Waals surface area contributed by atoms with E-state index < -0.39 is 0 Å². The normalized spacial score (nSPS) is 25.5. The highest BCUT2D eigenvalue weighted by molar-refractivity contribution is 7.99. The highest BCUT2D eigenvalue weighted by atomic mass is 32.2. The van der Waals surface area contributed by atoms with E-state index in [1.807, 2.05) is 11.8 Å². The van der Waals surface area contributed by atoms with Gasteiger partial charge >= 0.3 is 0 Å². The molecule has 1 rings (SSSR count). The molecule has 10 heavy (non-hydrogen) atoms. The fraction of sp³-hybridized carbons (Fsp3) is 1.00. The molecule has 1 aliphatic heterocycles. The summed E-state index contributed by atoms with van der Waals surface area (Å²) in [4.78, 5) is 0. The molecule has 1 atom stereocenters. The third kappa shape index (κ3) is 2.93. The van der Waals surface area contributed by atoms with Gasteiger partial charge in [-0.25, -0.2) is 0 Å². The van der Waals surface area contributed by atoms with Crippen molar-refractivity contribution in [1.29, 1.82) is 0 Å². The summed E-state index contributed by atoms with van der Waals surface area (Å²) in [6, 6.07) is 0. The third-order valence-corrected chi connectivity index (χ3v) is 2.73. The molecule has 0 bridgehead atoms. The lowest BCUT2D eigenvalue weighted by Gasteiger charge is -2.05. The van der Waals surface area contributed by atoms with Crippen LogP contribution in [0.25, 0.3) is 0 Å². The average Bonchev–Trinajstić information content (AvgIpc) is 2.41. The van der Waals surface area contributed by atoms with Crippen molar-refractivity contribution in [3.8, 4) is 0 Å². The van der Waals surface area contributed by atoms with E-state index in [4.69, 9.17) is 4.74 Å². The molecule has 0 aromatic heterocycles. The van der Waals surface area contributed by atoms with Crippen LogP contribution >= 0.6 is 11.8 Å². The van der Waals surface area contributed by atoms with Crippen LogP contribution in [0.2, 0.25) is 0 Å². The van der Waals surface area contributed by atoms with E-state index in [9.17, 15) is 0 Å². The Morgan fingerprint density at radius 2 is 2.40 bits per heavy atom. The number of unbranched alkanes of at least 4 members (excludes halogenated alkanes) is 2. The molecule has 0 aromatic rings. The first-order chi connectivity index (χ1) is 4.93. The van der Waals surface area contributed by atoms with Crippen LogP contribution in [0.4, 0.5) is 0 Å². The second kappa shape index (κ2) is 5.03. The summed E-state index contributed by atoms with van der Waals surface area (Å²) in [6.45, 7) is 2.24. The summed E-state index contributed by atoms with van der Waals surface area (Å²) < 4.78 is 5.46. The van der Waals surface area contributed by atoms with E-state index in [2.05, 4.69) is 6.92 Å². The Morgan fingerprint density at radius 1 is 1.50 bits per heavy atom. The van der Waals surface area contributed by atoms with Gasteiger partial charge in [-0.15, -0.1) is 11.8 Å². The van der Waals surface area contributed by atoms with E-state index in [0.29, 0.717) is 6.10 Å². The Kier molecular flexibility index (Phi) is 4.23. The number of hydrogen-bond acceptors (Lipinski definition) is 2. The van der Waals surface area contributed by atoms with Crippen LogP contribution in [0.5, 0.6) is 0 Å². The van der Waals surface area contributed by atoms with Gasteiger partial charge in [-0.05, 0) is 6.42 Å². The van der Waals surface area contributed by atoms with Crippen LogP contribution in [-0.2, 0) is 4.74 Å². The van der Waals surface area contributed by atoms with Gasteiger partial charge in [-0.3, -0.25) is 0 Å². The van der Waals surface area contributed by atoms with Crippen molar-refractivity contribution in [1.82, 2.24) is 0 Å². The van der Waals surface area contributed by atoms with E-state index in [-0.39, 0.29) is 0 Å². The van der Waals surface area contributed by atoms with Gasteiger partial charge in [0.1, 0.15) is 0 Å². The van der Waals surface area contributed by atoms with Gasteiger partial charge in [0.05, 0.1) is 12.0 Å². The molecule has 1 fully saturated rings. The van der Waals surface area contributed by atoms with Gasteiger partial charge < -0.3 is 4.74 Å². The third-order valence-electron chi connectivity index (χ3n) is 1.82. The highest BCUT2D eigenvalue weighted by Gasteiger charge is 2.14. The second-order valence-electron chi connectivity index (χ2n) is 2.77. The van der Waals surface area contributed by atoms with Crippen molar-refractivity contribution < 1.29 is 4.74 Å². The fourth-order valence-corrected chi connectivity index (χ4v) is 2.07. The zero-order valence-corrected chi connectivity index (χ0v) is 7.45. The molecule has 1 unspecified atom stereocenters. The Bertz CT molecular complexity index is 79.3. The van der Waals surface area contributed by atoms with Crippen LogP contribution in [0.1, 0.15) is 32.6 Å². The Labute approximate surface area is 67.5 Å². The minimum Gasteiger partial charge on any atom is -0.367 e. The molecule has 60 valence electrons. The molecule has 0 amide bonds. The summed E-state index contributed by atoms with van der Waals surface area (Å²) in [6.07, 6.45) is 5.89. The predicted molar refractivity (Wildman–Crippen MR) is 46.3 cm³/mol. The summed E-state index contributed by atoms with van der Waals surface area (Å²) in [5.74, 6) is 2.15. The predicted octanol–water partition coefficient (Wildman–Crippen LogP) is 2.66. The average molecular weight is 160 g/mol. The molecule has 2 heteroatoms. The maximum absolute atomic E-state index is 5.46. The number of ether oxygens (including phenoxy) is 1. The molecular weight excluding hydrogens is 144 g/mol. The van der Waals surface area contributed by atoms with E-state index >= 15 is 0 Å². The first kappa shape index (κ1) is 8.41. The summed E-state index contributed by atoms with van der Waals surface area (Å²) in [5, 5.41) is 0. The van der Waals surface area contributed by atoms with Crippen molar-refractivity contribution in [2.75, 3.05) is 11.7 Å². The molecule has 1 heterocycles. The zero-order chi connectivity index (χ0) is 7.23. The fourth-order valence-electron chi connectivity index (χ4n) is 1.16. The van der Waals surface area contributed by atoms with Crippen molar-refractivity contribution in [2.24, 2.45) is 0 Å². The minimum absolute atomic E-state index is 0.580. The minimum atomic E-state index is 0.580. The first-order valence-electron chi connectivity index (χ1n) is 4.13. The summed E-state index contributed by atoms with van der Waals surface area (Å²) in [7, 11) is 0. The Hall–Kier alpha value is 0.310. The lowest BCUT2D eigenvalue weighted by molar-refractivity contribution is 0.114. The summed E-state index contributed by atoms with van der Waals surface area (Å²) >= 11 is 1.92. The Morgan fingerprint density at radius 3 is 3.00 bits per heavy atom. The SMILES string of the molecule is CCCCCC1CSCO1. The van der Waals surface area contributed by atoms with E-state index in [0.717, 1.165) is 5.94 Å². The molecule has 1 saturated heterocycles. The molecule has 0 saturated carbocycles. The maximum atomic E-state index is 5.46. The molecule has 1 nitrogen and oxygen atoms in total. The molecule has 0 N–H and O–H groups in total. The van der Waals surface area contributed by atoms with Crippen molar-refractivity contribution >= 4 is 11.8 Å². The van der Waals surface area contributed by atoms with Crippen LogP contribution < -0.4 is 0 Å². The highest BCUT2D eigenvalue weighted by Crippen LogP contribution is 2.20. The topological polar surface area (TPSA) is 9.23 Å². The molecule has 0 radical (unpaired) electrons. The lowest BCUT2D eigenvalue weighted by Crippen LogP contribution is -2.07. The monoisotopic (exact) mass is 160 g/mol. The van der Waals surface area contributed by atoms with Gasteiger partial charge in [0, 0.05) is 5.75 Å². The number of rotatable bonds is 4. The standard InChI is InChI=1S/C8H16OS/c1-2-3-4-5-8-6-10-7-9-8/h8H,2-7H2,1H3. The maximum Gasteiger partial charge on any atom is 0.0926 e. The van der Waals surface area contributed by atoms with E-state index in [1.165, 1.54) is 31.4 Å². The molecule has 1 aliphatic rings. The largest absolute Gasteiger partial charge is 0.367 e. The molecule has 0 aliphatic carbocycles. The zero-order valence-electron chi connectivity index (χ0n) is 6.64. The first-order valence-corrected chi connectivity index (χ1v) is 5.28. The molecular formula is C8H16OS. The van der Waals surface area contributed by atoms with Crippen molar-refractivity contribution in [3.63, 3.8) is 0 Å². The van der Waals surface area contributed by atoms with Crippen LogP contribution in [-0.4, -0.2) is 17.8 Å². The van der Waals surface area contributed by atoms with Gasteiger partial charge in [0.25, 0.3) is 0 Å². The Balaban J connectivity index is 1.91. The van der Waals surface area contributed by atoms with Gasteiger partial charge in [-0.2, -0.15) is 0 Å². The summed E-state index contributed by atoms with van der Waals surface area (Å²) in [5.41, 5.74) is 0. The smallest absolute Gasteiger partial charge is 0.0926 e. The van der Waals surface area contributed by atoms with Gasteiger partial charge in [0.2, 0.25) is 0 Å². The lowest BCUT2D eigenvalue weighted by atomic mass is 10.1. The van der Waals surface area contributed by atoms with Crippen LogP contribution in [0, 0.1) is 0 Å². The molecule has 0 aromatic carbocycles. The van der Waals surface area contributed by atoms with Crippen LogP contribution in [0.15, 0.2) is 0 Å². The van der Waals surface area contributed by atoms with Crippen LogP contribution in [0.3, 0.4) is 0 Å². The number of thioether (sulfide) groups is 1. The second-order valence-corrected chi connectivity index (χ2v) is 3.75.